The molecular formula is C17H19BrClNO. The topological polar surface area (TPSA) is 21.3 Å². The first-order valence-electron chi connectivity index (χ1n) is 6.81. The summed E-state index contributed by atoms with van der Waals surface area (Å²) in [5, 5.41) is 4.15. The molecule has 4 heteroatoms. The molecule has 0 atom stereocenters. The van der Waals surface area contributed by atoms with Crippen LogP contribution in [0.25, 0.3) is 0 Å². The van der Waals surface area contributed by atoms with Gasteiger partial charge in [-0.25, -0.2) is 0 Å². The average molecular weight is 369 g/mol. The van der Waals surface area contributed by atoms with Gasteiger partial charge in [0.1, 0.15) is 11.5 Å². The molecule has 0 aliphatic carbocycles. The third kappa shape index (κ3) is 5.03. The molecule has 112 valence electrons. The highest BCUT2D eigenvalue weighted by Gasteiger charge is 2.14. The van der Waals surface area contributed by atoms with E-state index in [2.05, 4.69) is 42.0 Å². The fraction of sp³-hybridized carbons (Fsp3) is 0.294. The first kappa shape index (κ1) is 16.3. The Morgan fingerprint density at radius 1 is 1.14 bits per heavy atom. The largest absolute Gasteiger partial charge is 0.457 e. The van der Waals surface area contributed by atoms with Crippen molar-refractivity contribution in [3.8, 4) is 11.5 Å². The summed E-state index contributed by atoms with van der Waals surface area (Å²) in [5.74, 6) is 1.56. The van der Waals surface area contributed by atoms with E-state index in [0.717, 1.165) is 21.5 Å². The van der Waals surface area contributed by atoms with Crippen molar-refractivity contribution < 1.29 is 4.74 Å². The number of rotatable bonds is 4. The Morgan fingerprint density at radius 3 is 2.52 bits per heavy atom. The summed E-state index contributed by atoms with van der Waals surface area (Å²) in [4.78, 5) is 0. The number of ether oxygens (including phenoxy) is 1. The van der Waals surface area contributed by atoms with Crippen molar-refractivity contribution in [1.82, 2.24) is 5.32 Å². The summed E-state index contributed by atoms with van der Waals surface area (Å²) in [6.45, 7) is 7.03. The lowest BCUT2D eigenvalue weighted by Crippen LogP contribution is -2.35. The van der Waals surface area contributed by atoms with Crippen molar-refractivity contribution >= 4 is 27.5 Å². The minimum Gasteiger partial charge on any atom is -0.457 e. The second-order valence-corrected chi connectivity index (χ2v) is 7.20. The molecule has 0 saturated heterocycles. The molecule has 0 fully saturated rings. The van der Waals surface area contributed by atoms with Crippen molar-refractivity contribution in [2.24, 2.45) is 0 Å². The Kier molecular flexibility index (Phi) is 5.31. The molecule has 0 aliphatic heterocycles. The maximum Gasteiger partial charge on any atom is 0.133 e. The molecule has 2 rings (SSSR count). The molecule has 21 heavy (non-hydrogen) atoms. The predicted octanol–water partition coefficient (Wildman–Crippen LogP) is 5.78. The summed E-state index contributed by atoms with van der Waals surface area (Å²) in [6, 6.07) is 13.5. The molecule has 0 amide bonds. The zero-order chi connectivity index (χ0) is 15.5. The summed E-state index contributed by atoms with van der Waals surface area (Å²) in [7, 11) is 0. The van der Waals surface area contributed by atoms with Crippen LogP contribution in [0.2, 0.25) is 5.02 Å². The molecule has 0 heterocycles. The van der Waals surface area contributed by atoms with Crippen LogP contribution in [0, 0.1) is 0 Å². The number of hydrogen-bond donors (Lipinski definition) is 1. The van der Waals surface area contributed by atoms with Gasteiger partial charge >= 0.3 is 0 Å². The van der Waals surface area contributed by atoms with Crippen molar-refractivity contribution in [3.63, 3.8) is 0 Å². The van der Waals surface area contributed by atoms with Crippen LogP contribution in [-0.2, 0) is 6.54 Å². The Bertz CT molecular complexity index is 622. The van der Waals surface area contributed by atoms with Crippen molar-refractivity contribution in [2.45, 2.75) is 32.9 Å². The van der Waals surface area contributed by atoms with E-state index in [0.29, 0.717) is 11.6 Å². The highest BCUT2D eigenvalue weighted by Crippen LogP contribution is 2.31. The first-order valence-corrected chi connectivity index (χ1v) is 7.98. The summed E-state index contributed by atoms with van der Waals surface area (Å²) in [5.41, 5.74) is 0.987. The van der Waals surface area contributed by atoms with Gasteiger partial charge in [-0.2, -0.15) is 0 Å². The van der Waals surface area contributed by atoms with E-state index in [-0.39, 0.29) is 5.54 Å². The third-order valence-electron chi connectivity index (χ3n) is 2.90. The van der Waals surface area contributed by atoms with Crippen LogP contribution in [0.5, 0.6) is 11.5 Å². The molecular weight excluding hydrogens is 350 g/mol. The van der Waals surface area contributed by atoms with Gasteiger partial charge in [-0.15, -0.1) is 0 Å². The van der Waals surface area contributed by atoms with E-state index >= 15 is 0 Å². The molecule has 0 aliphatic rings. The second kappa shape index (κ2) is 6.82. The van der Waals surface area contributed by atoms with Crippen LogP contribution >= 0.6 is 27.5 Å². The van der Waals surface area contributed by atoms with Gasteiger partial charge < -0.3 is 10.1 Å². The minimum absolute atomic E-state index is 0.0201. The van der Waals surface area contributed by atoms with Gasteiger partial charge in [-0.05, 0) is 51.1 Å². The van der Waals surface area contributed by atoms with Crippen LogP contribution in [0.1, 0.15) is 26.3 Å². The third-order valence-corrected chi connectivity index (χ3v) is 3.74. The molecule has 0 spiro atoms. The highest BCUT2D eigenvalue weighted by molar-refractivity contribution is 9.10. The van der Waals surface area contributed by atoms with Crippen molar-refractivity contribution in [2.75, 3.05) is 0 Å². The molecule has 0 radical (unpaired) electrons. The maximum atomic E-state index is 6.33. The lowest BCUT2D eigenvalue weighted by atomic mass is 10.1. The number of nitrogens with one attached hydrogen (secondary N) is 1. The second-order valence-electron chi connectivity index (χ2n) is 5.88. The molecule has 2 nitrogen and oxygen atoms in total. The molecule has 0 unspecified atom stereocenters. The molecule has 2 aromatic rings. The van der Waals surface area contributed by atoms with E-state index in [1.807, 2.05) is 42.5 Å². The Morgan fingerprint density at radius 2 is 1.86 bits per heavy atom. The minimum atomic E-state index is 0.0201. The van der Waals surface area contributed by atoms with E-state index in [9.17, 15) is 0 Å². The van der Waals surface area contributed by atoms with Crippen LogP contribution in [0.4, 0.5) is 0 Å². The van der Waals surface area contributed by atoms with E-state index in [4.69, 9.17) is 16.3 Å². The SMILES string of the molecule is CC(C)(C)NCc1c(Cl)cccc1Oc1cccc(Br)c1. The number of halogens is 2. The van der Waals surface area contributed by atoms with Crippen LogP contribution in [-0.4, -0.2) is 5.54 Å². The van der Waals surface area contributed by atoms with Crippen LogP contribution < -0.4 is 10.1 Å². The monoisotopic (exact) mass is 367 g/mol. The summed E-state index contributed by atoms with van der Waals surface area (Å²) >= 11 is 9.77. The molecule has 0 aromatic heterocycles. The lowest BCUT2D eigenvalue weighted by molar-refractivity contribution is 0.414. The Labute approximate surface area is 139 Å². The van der Waals surface area contributed by atoms with Gasteiger partial charge in [-0.3, -0.25) is 0 Å². The van der Waals surface area contributed by atoms with Gasteiger partial charge in [0, 0.05) is 27.1 Å². The van der Waals surface area contributed by atoms with Crippen LogP contribution in [0.15, 0.2) is 46.9 Å². The van der Waals surface area contributed by atoms with E-state index in [1.54, 1.807) is 0 Å². The average Bonchev–Trinajstić information content (AvgIpc) is 2.37. The van der Waals surface area contributed by atoms with Gasteiger partial charge in [0.15, 0.2) is 0 Å². The lowest BCUT2D eigenvalue weighted by Gasteiger charge is -2.22. The normalized spacial score (nSPS) is 11.5. The van der Waals surface area contributed by atoms with Crippen LogP contribution in [0.3, 0.4) is 0 Å². The zero-order valence-corrected chi connectivity index (χ0v) is 14.8. The maximum absolute atomic E-state index is 6.33. The van der Waals surface area contributed by atoms with E-state index < -0.39 is 0 Å². The molecule has 0 saturated carbocycles. The number of hydrogen-bond acceptors (Lipinski definition) is 2. The quantitative estimate of drug-likeness (QED) is 0.738. The van der Waals surface area contributed by atoms with Gasteiger partial charge in [0.2, 0.25) is 0 Å². The van der Waals surface area contributed by atoms with Gasteiger partial charge in [0.05, 0.1) is 0 Å². The molecule has 0 bridgehead atoms. The van der Waals surface area contributed by atoms with E-state index in [1.165, 1.54) is 0 Å². The number of benzene rings is 2. The molecule has 2 aromatic carbocycles. The molecule has 1 N–H and O–H groups in total. The Balaban J connectivity index is 2.25. The van der Waals surface area contributed by atoms with Crippen molar-refractivity contribution in [1.29, 1.82) is 0 Å². The fourth-order valence-electron chi connectivity index (χ4n) is 1.82. The highest BCUT2D eigenvalue weighted by atomic mass is 79.9. The van der Waals surface area contributed by atoms with Crippen molar-refractivity contribution in [3.05, 3.63) is 57.5 Å². The van der Waals surface area contributed by atoms with Gasteiger partial charge in [-0.1, -0.05) is 39.7 Å². The summed E-state index contributed by atoms with van der Waals surface area (Å²) < 4.78 is 6.96. The fourth-order valence-corrected chi connectivity index (χ4v) is 2.43. The summed E-state index contributed by atoms with van der Waals surface area (Å²) in [6.07, 6.45) is 0. The Hall–Kier alpha value is -1.03. The standard InChI is InChI=1S/C17H19BrClNO/c1-17(2,3)20-11-14-15(19)8-5-9-16(14)21-13-7-4-6-12(18)10-13/h4-10,20H,11H2,1-3H3. The predicted molar refractivity (Wildman–Crippen MR) is 92.3 cm³/mol. The first-order chi connectivity index (χ1) is 9.85. The zero-order valence-electron chi connectivity index (χ0n) is 12.4. The van der Waals surface area contributed by atoms with Gasteiger partial charge in [0.25, 0.3) is 0 Å². The smallest absolute Gasteiger partial charge is 0.133 e.